The van der Waals surface area contributed by atoms with Gasteiger partial charge in [0.15, 0.2) is 0 Å². The molecule has 0 radical (unpaired) electrons. The molecule has 1 atom stereocenters. The van der Waals surface area contributed by atoms with Gasteiger partial charge in [-0.3, -0.25) is 0 Å². The van der Waals surface area contributed by atoms with E-state index in [1.165, 1.54) is 64.5 Å². The van der Waals surface area contributed by atoms with E-state index in [2.05, 4.69) is 33.0 Å². The van der Waals surface area contributed by atoms with Crippen LogP contribution in [0, 0.1) is 17.3 Å². The van der Waals surface area contributed by atoms with Crippen molar-refractivity contribution in [2.75, 3.05) is 13.1 Å². The third-order valence-corrected chi connectivity index (χ3v) is 4.50. The molecule has 1 nitrogen and oxygen atoms in total. The maximum atomic E-state index is 3.70. The Balaban J connectivity index is 2.20. The fraction of sp³-hybridized carbons (Fsp3) is 1.00. The van der Waals surface area contributed by atoms with Gasteiger partial charge in [-0.05, 0) is 43.1 Å². The summed E-state index contributed by atoms with van der Waals surface area (Å²) >= 11 is 0. The molecule has 1 aliphatic rings. The van der Waals surface area contributed by atoms with Crippen LogP contribution in [0.3, 0.4) is 0 Å². The van der Waals surface area contributed by atoms with Crippen LogP contribution in [0.2, 0.25) is 0 Å². The highest BCUT2D eigenvalue weighted by atomic mass is 14.9. The standard InChI is InChI=1S/C17H35N/c1-5-6-7-8-9-12-17(4,16-10-11-16)14-18-13-15(2)3/h15-16,18H,5-14H2,1-4H3. The molecule has 0 aromatic carbocycles. The van der Waals surface area contributed by atoms with Gasteiger partial charge in [-0.15, -0.1) is 0 Å². The third-order valence-electron chi connectivity index (χ3n) is 4.50. The van der Waals surface area contributed by atoms with E-state index in [9.17, 15) is 0 Å². The van der Waals surface area contributed by atoms with Crippen molar-refractivity contribution in [1.82, 2.24) is 5.32 Å². The van der Waals surface area contributed by atoms with Gasteiger partial charge < -0.3 is 5.32 Å². The Kier molecular flexibility index (Phi) is 7.29. The summed E-state index contributed by atoms with van der Waals surface area (Å²) in [6.45, 7) is 11.8. The summed E-state index contributed by atoms with van der Waals surface area (Å²) in [5.74, 6) is 1.79. The lowest BCUT2D eigenvalue weighted by Crippen LogP contribution is -2.35. The van der Waals surface area contributed by atoms with Crippen LogP contribution < -0.4 is 5.32 Å². The normalized spacial score (nSPS) is 19.2. The summed E-state index contributed by atoms with van der Waals surface area (Å²) in [7, 11) is 0. The molecule has 0 amide bonds. The van der Waals surface area contributed by atoms with Gasteiger partial charge in [-0.1, -0.05) is 59.8 Å². The van der Waals surface area contributed by atoms with Gasteiger partial charge in [-0.25, -0.2) is 0 Å². The number of unbranched alkanes of at least 4 members (excludes halogenated alkanes) is 4. The van der Waals surface area contributed by atoms with Crippen LogP contribution in [0.1, 0.15) is 79.1 Å². The van der Waals surface area contributed by atoms with Crippen molar-refractivity contribution in [1.29, 1.82) is 0 Å². The zero-order chi connectivity index (χ0) is 13.4. The van der Waals surface area contributed by atoms with Gasteiger partial charge >= 0.3 is 0 Å². The monoisotopic (exact) mass is 253 g/mol. The maximum Gasteiger partial charge on any atom is 0.000793 e. The van der Waals surface area contributed by atoms with E-state index in [4.69, 9.17) is 0 Å². The molecule has 18 heavy (non-hydrogen) atoms. The first-order valence-corrected chi connectivity index (χ1v) is 8.29. The van der Waals surface area contributed by atoms with Gasteiger partial charge in [-0.2, -0.15) is 0 Å². The largest absolute Gasteiger partial charge is 0.316 e. The van der Waals surface area contributed by atoms with Gasteiger partial charge in [0.2, 0.25) is 0 Å². The van der Waals surface area contributed by atoms with Gasteiger partial charge in [0.05, 0.1) is 0 Å². The lowest BCUT2D eigenvalue weighted by molar-refractivity contribution is 0.225. The van der Waals surface area contributed by atoms with E-state index < -0.39 is 0 Å². The van der Waals surface area contributed by atoms with E-state index in [-0.39, 0.29) is 0 Å². The molecule has 0 aromatic rings. The van der Waals surface area contributed by atoms with Crippen LogP contribution in [-0.4, -0.2) is 13.1 Å². The molecule has 1 unspecified atom stereocenters. The third kappa shape index (κ3) is 6.22. The number of hydrogen-bond acceptors (Lipinski definition) is 1. The summed E-state index contributed by atoms with van der Waals surface area (Å²) in [5.41, 5.74) is 0.584. The lowest BCUT2D eigenvalue weighted by Gasteiger charge is -2.31. The minimum absolute atomic E-state index is 0.584. The average molecular weight is 253 g/mol. The predicted molar refractivity (Wildman–Crippen MR) is 81.9 cm³/mol. The number of rotatable bonds is 11. The number of nitrogens with one attached hydrogen (secondary N) is 1. The Morgan fingerprint density at radius 3 is 2.33 bits per heavy atom. The summed E-state index contributed by atoms with van der Waals surface area (Å²) in [5, 5.41) is 3.70. The second kappa shape index (κ2) is 8.19. The Morgan fingerprint density at radius 2 is 1.78 bits per heavy atom. The quantitative estimate of drug-likeness (QED) is 0.510. The van der Waals surface area contributed by atoms with Crippen molar-refractivity contribution in [3.63, 3.8) is 0 Å². The second-order valence-corrected chi connectivity index (χ2v) is 7.12. The number of hydrogen-bond donors (Lipinski definition) is 1. The molecule has 1 fully saturated rings. The summed E-state index contributed by atoms with van der Waals surface area (Å²) < 4.78 is 0. The zero-order valence-corrected chi connectivity index (χ0v) is 13.2. The topological polar surface area (TPSA) is 12.0 Å². The predicted octanol–water partition coefficient (Wildman–Crippen LogP) is 5.01. The first-order valence-electron chi connectivity index (χ1n) is 8.29. The molecule has 0 aliphatic heterocycles. The van der Waals surface area contributed by atoms with Gasteiger partial charge in [0.25, 0.3) is 0 Å². The molecule has 0 aromatic heterocycles. The van der Waals surface area contributed by atoms with Gasteiger partial charge in [0, 0.05) is 6.54 Å². The van der Waals surface area contributed by atoms with E-state index in [0.29, 0.717) is 5.41 Å². The highest BCUT2D eigenvalue weighted by molar-refractivity contribution is 4.92. The summed E-state index contributed by atoms with van der Waals surface area (Å²) in [4.78, 5) is 0. The van der Waals surface area contributed by atoms with Crippen molar-refractivity contribution < 1.29 is 0 Å². The summed E-state index contributed by atoms with van der Waals surface area (Å²) in [6.07, 6.45) is 11.5. The zero-order valence-electron chi connectivity index (χ0n) is 13.2. The molecule has 0 spiro atoms. The van der Waals surface area contributed by atoms with Crippen LogP contribution in [0.5, 0.6) is 0 Å². The fourth-order valence-electron chi connectivity index (χ4n) is 3.00. The van der Waals surface area contributed by atoms with Crippen molar-refractivity contribution >= 4 is 0 Å². The van der Waals surface area contributed by atoms with E-state index in [0.717, 1.165) is 11.8 Å². The van der Waals surface area contributed by atoms with Crippen LogP contribution in [0.4, 0.5) is 0 Å². The van der Waals surface area contributed by atoms with Crippen molar-refractivity contribution in [3.8, 4) is 0 Å². The SMILES string of the molecule is CCCCCCCC(C)(CNCC(C)C)C1CC1. The molecule has 1 heteroatoms. The Bertz CT molecular complexity index is 208. The lowest BCUT2D eigenvalue weighted by atomic mass is 9.79. The molecular formula is C17H35N. The second-order valence-electron chi connectivity index (χ2n) is 7.12. The van der Waals surface area contributed by atoms with Crippen LogP contribution in [0.15, 0.2) is 0 Å². The average Bonchev–Trinajstić information content (AvgIpc) is 3.12. The molecule has 0 saturated heterocycles. The minimum Gasteiger partial charge on any atom is -0.316 e. The van der Waals surface area contributed by atoms with Crippen molar-refractivity contribution in [3.05, 3.63) is 0 Å². The highest BCUT2D eigenvalue weighted by Crippen LogP contribution is 2.48. The van der Waals surface area contributed by atoms with Crippen LogP contribution in [0.25, 0.3) is 0 Å². The van der Waals surface area contributed by atoms with Crippen LogP contribution in [-0.2, 0) is 0 Å². The molecule has 1 saturated carbocycles. The van der Waals surface area contributed by atoms with E-state index >= 15 is 0 Å². The molecule has 0 bridgehead atoms. The van der Waals surface area contributed by atoms with Crippen molar-refractivity contribution in [2.24, 2.45) is 17.3 Å². The van der Waals surface area contributed by atoms with Gasteiger partial charge in [0.1, 0.15) is 0 Å². The first kappa shape index (κ1) is 16.0. The van der Waals surface area contributed by atoms with E-state index in [1.807, 2.05) is 0 Å². The molecule has 1 rings (SSSR count). The molecule has 1 aliphatic carbocycles. The van der Waals surface area contributed by atoms with Crippen LogP contribution >= 0.6 is 0 Å². The maximum absolute atomic E-state index is 3.70. The Hall–Kier alpha value is -0.0400. The Labute approximate surface area is 115 Å². The smallest absolute Gasteiger partial charge is 0.000793 e. The highest BCUT2D eigenvalue weighted by Gasteiger charge is 2.40. The molecule has 0 heterocycles. The van der Waals surface area contributed by atoms with E-state index in [1.54, 1.807) is 0 Å². The summed E-state index contributed by atoms with van der Waals surface area (Å²) in [6, 6.07) is 0. The molecule has 1 N–H and O–H groups in total. The first-order chi connectivity index (χ1) is 8.58. The Morgan fingerprint density at radius 1 is 1.11 bits per heavy atom. The fourth-order valence-corrected chi connectivity index (χ4v) is 3.00. The molecular weight excluding hydrogens is 218 g/mol. The minimum atomic E-state index is 0.584. The van der Waals surface area contributed by atoms with Crippen molar-refractivity contribution in [2.45, 2.75) is 79.1 Å². The molecule has 108 valence electrons.